The van der Waals surface area contributed by atoms with E-state index in [1.165, 1.54) is 12.8 Å². The second-order valence-electron chi connectivity index (χ2n) is 4.52. The third-order valence-corrected chi connectivity index (χ3v) is 3.61. The molecule has 0 amide bonds. The van der Waals surface area contributed by atoms with Crippen molar-refractivity contribution in [3.05, 3.63) is 28.2 Å². The predicted molar refractivity (Wildman–Crippen MR) is 73.2 cm³/mol. The summed E-state index contributed by atoms with van der Waals surface area (Å²) >= 11 is 3.44. The third kappa shape index (κ3) is 3.69. The van der Waals surface area contributed by atoms with Crippen molar-refractivity contribution in [1.82, 2.24) is 4.90 Å². The molecule has 0 atom stereocenters. The van der Waals surface area contributed by atoms with E-state index in [1.54, 1.807) is 0 Å². The first-order valence-electron chi connectivity index (χ1n) is 6.02. The van der Waals surface area contributed by atoms with Crippen LogP contribution in [0.1, 0.15) is 18.4 Å². The molecule has 0 spiro atoms. The number of hydrogen-bond donors (Lipinski definition) is 1. The second-order valence-corrected chi connectivity index (χ2v) is 5.43. The minimum absolute atomic E-state index is 0.507. The molecule has 1 aliphatic carbocycles. The van der Waals surface area contributed by atoms with Crippen LogP contribution in [-0.4, -0.2) is 31.1 Å². The van der Waals surface area contributed by atoms with Crippen molar-refractivity contribution in [2.75, 3.05) is 20.2 Å². The monoisotopic (exact) mass is 298 g/mol. The standard InChI is InChI=1S/C13H19BrN2O/c1-16(12-3-4-12)6-7-17-13-5-2-11(14)8-10(13)9-15/h2,5,8,12H,3-4,6-7,9,15H2,1H3. The normalized spacial score (nSPS) is 15.3. The van der Waals surface area contributed by atoms with E-state index in [4.69, 9.17) is 10.5 Å². The van der Waals surface area contributed by atoms with Gasteiger partial charge in [0.25, 0.3) is 0 Å². The molecule has 94 valence electrons. The lowest BCUT2D eigenvalue weighted by atomic mass is 10.2. The topological polar surface area (TPSA) is 38.5 Å². The van der Waals surface area contributed by atoms with E-state index in [2.05, 4.69) is 27.9 Å². The Bertz CT molecular complexity index is 380. The van der Waals surface area contributed by atoms with Crippen molar-refractivity contribution in [2.45, 2.75) is 25.4 Å². The van der Waals surface area contributed by atoms with E-state index in [0.717, 1.165) is 35.0 Å². The first kappa shape index (κ1) is 12.9. The molecule has 0 bridgehead atoms. The summed E-state index contributed by atoms with van der Waals surface area (Å²) in [5.74, 6) is 0.903. The molecular weight excluding hydrogens is 280 g/mol. The van der Waals surface area contributed by atoms with Crippen molar-refractivity contribution < 1.29 is 4.74 Å². The molecule has 1 aromatic carbocycles. The van der Waals surface area contributed by atoms with Gasteiger partial charge >= 0.3 is 0 Å². The number of halogens is 1. The minimum Gasteiger partial charge on any atom is -0.492 e. The molecule has 3 nitrogen and oxygen atoms in total. The summed E-state index contributed by atoms with van der Waals surface area (Å²) in [7, 11) is 2.16. The van der Waals surface area contributed by atoms with Crippen LogP contribution in [0, 0.1) is 0 Å². The van der Waals surface area contributed by atoms with Gasteiger partial charge in [-0.05, 0) is 38.1 Å². The number of nitrogens with two attached hydrogens (primary N) is 1. The van der Waals surface area contributed by atoms with E-state index in [-0.39, 0.29) is 0 Å². The zero-order valence-electron chi connectivity index (χ0n) is 10.2. The molecule has 1 aromatic rings. The molecule has 0 saturated heterocycles. The summed E-state index contributed by atoms with van der Waals surface area (Å²) in [5, 5.41) is 0. The van der Waals surface area contributed by atoms with Crippen molar-refractivity contribution in [1.29, 1.82) is 0 Å². The third-order valence-electron chi connectivity index (χ3n) is 3.11. The van der Waals surface area contributed by atoms with Gasteiger partial charge in [-0.3, -0.25) is 0 Å². The highest BCUT2D eigenvalue weighted by Gasteiger charge is 2.25. The molecule has 0 aliphatic heterocycles. The van der Waals surface area contributed by atoms with Crippen LogP contribution in [0.3, 0.4) is 0 Å². The van der Waals surface area contributed by atoms with Gasteiger partial charge in [0.05, 0.1) is 0 Å². The summed E-state index contributed by atoms with van der Waals surface area (Å²) in [6.07, 6.45) is 2.67. The molecule has 2 N–H and O–H groups in total. The fourth-order valence-corrected chi connectivity index (χ4v) is 2.25. The quantitative estimate of drug-likeness (QED) is 0.876. The average Bonchev–Trinajstić information content (AvgIpc) is 3.14. The van der Waals surface area contributed by atoms with Gasteiger partial charge in [-0.2, -0.15) is 0 Å². The van der Waals surface area contributed by atoms with Gasteiger partial charge in [0, 0.05) is 29.2 Å². The predicted octanol–water partition coefficient (Wildman–Crippen LogP) is 2.38. The van der Waals surface area contributed by atoms with Crippen LogP contribution in [0.5, 0.6) is 5.75 Å². The Balaban J connectivity index is 1.85. The summed E-state index contributed by atoms with van der Waals surface area (Å²) in [6.45, 7) is 2.21. The van der Waals surface area contributed by atoms with Gasteiger partial charge in [-0.25, -0.2) is 0 Å². The Kier molecular flexibility index (Phi) is 4.42. The fraction of sp³-hybridized carbons (Fsp3) is 0.538. The number of hydrogen-bond acceptors (Lipinski definition) is 3. The molecule has 4 heteroatoms. The first-order valence-corrected chi connectivity index (χ1v) is 6.81. The zero-order chi connectivity index (χ0) is 12.3. The van der Waals surface area contributed by atoms with Crippen LogP contribution in [0.15, 0.2) is 22.7 Å². The van der Waals surface area contributed by atoms with Crippen LogP contribution in [-0.2, 0) is 6.54 Å². The minimum atomic E-state index is 0.507. The van der Waals surface area contributed by atoms with Crippen molar-refractivity contribution in [3.63, 3.8) is 0 Å². The maximum Gasteiger partial charge on any atom is 0.123 e. The number of benzene rings is 1. The molecular formula is C13H19BrN2O. The molecule has 0 unspecified atom stereocenters. The highest BCUT2D eigenvalue weighted by molar-refractivity contribution is 9.10. The molecule has 1 saturated carbocycles. The SMILES string of the molecule is CN(CCOc1ccc(Br)cc1CN)C1CC1. The molecule has 0 radical (unpaired) electrons. The van der Waals surface area contributed by atoms with Gasteiger partial charge in [-0.1, -0.05) is 15.9 Å². The van der Waals surface area contributed by atoms with Gasteiger partial charge in [0.15, 0.2) is 0 Å². The lowest BCUT2D eigenvalue weighted by Gasteiger charge is -2.17. The fourth-order valence-electron chi connectivity index (χ4n) is 1.85. The number of nitrogens with zero attached hydrogens (tertiary/aromatic N) is 1. The highest BCUT2D eigenvalue weighted by atomic mass is 79.9. The van der Waals surface area contributed by atoms with Crippen molar-refractivity contribution >= 4 is 15.9 Å². The van der Waals surface area contributed by atoms with Crippen LogP contribution in [0.2, 0.25) is 0 Å². The van der Waals surface area contributed by atoms with Crippen LogP contribution in [0.4, 0.5) is 0 Å². The van der Waals surface area contributed by atoms with Gasteiger partial charge < -0.3 is 15.4 Å². The molecule has 1 aliphatic rings. The summed E-state index contributed by atoms with van der Waals surface area (Å²) in [5.41, 5.74) is 6.75. The van der Waals surface area contributed by atoms with Crippen LogP contribution in [0.25, 0.3) is 0 Å². The zero-order valence-corrected chi connectivity index (χ0v) is 11.7. The molecule has 17 heavy (non-hydrogen) atoms. The Morgan fingerprint density at radius 1 is 1.47 bits per heavy atom. The van der Waals surface area contributed by atoms with Gasteiger partial charge in [0.2, 0.25) is 0 Å². The Labute approximate surface area is 111 Å². The van der Waals surface area contributed by atoms with Crippen molar-refractivity contribution in [2.24, 2.45) is 5.73 Å². The number of ether oxygens (including phenoxy) is 1. The Morgan fingerprint density at radius 2 is 2.24 bits per heavy atom. The van der Waals surface area contributed by atoms with Crippen molar-refractivity contribution in [3.8, 4) is 5.75 Å². The van der Waals surface area contributed by atoms with E-state index in [1.807, 2.05) is 18.2 Å². The lowest BCUT2D eigenvalue weighted by Crippen LogP contribution is -2.26. The van der Waals surface area contributed by atoms with E-state index >= 15 is 0 Å². The molecule has 2 rings (SSSR count). The highest BCUT2D eigenvalue weighted by Crippen LogP contribution is 2.25. The largest absolute Gasteiger partial charge is 0.492 e. The summed E-state index contributed by atoms with van der Waals surface area (Å²) < 4.78 is 6.83. The Morgan fingerprint density at radius 3 is 2.88 bits per heavy atom. The average molecular weight is 299 g/mol. The first-order chi connectivity index (χ1) is 8.20. The lowest BCUT2D eigenvalue weighted by molar-refractivity contribution is 0.230. The maximum absolute atomic E-state index is 5.79. The maximum atomic E-state index is 5.79. The molecule has 1 fully saturated rings. The second kappa shape index (κ2) is 5.85. The van der Waals surface area contributed by atoms with E-state index in [9.17, 15) is 0 Å². The number of likely N-dealkylation sites (N-methyl/N-ethyl adjacent to an activating group) is 1. The summed E-state index contributed by atoms with van der Waals surface area (Å²) in [6, 6.07) is 6.76. The Hall–Kier alpha value is -0.580. The number of rotatable bonds is 6. The van der Waals surface area contributed by atoms with E-state index < -0.39 is 0 Å². The van der Waals surface area contributed by atoms with E-state index in [0.29, 0.717) is 6.54 Å². The molecule has 0 heterocycles. The smallest absolute Gasteiger partial charge is 0.123 e. The summed E-state index contributed by atoms with van der Waals surface area (Å²) in [4.78, 5) is 2.36. The van der Waals surface area contributed by atoms with Crippen LogP contribution < -0.4 is 10.5 Å². The van der Waals surface area contributed by atoms with Crippen LogP contribution >= 0.6 is 15.9 Å². The van der Waals surface area contributed by atoms with Gasteiger partial charge in [-0.15, -0.1) is 0 Å². The van der Waals surface area contributed by atoms with Gasteiger partial charge in [0.1, 0.15) is 12.4 Å². The molecule has 0 aromatic heterocycles.